The van der Waals surface area contributed by atoms with Crippen LogP contribution in [0.3, 0.4) is 0 Å². The van der Waals surface area contributed by atoms with Crippen LogP contribution in [0.2, 0.25) is 5.02 Å². The Morgan fingerprint density at radius 2 is 1.95 bits per heavy atom. The van der Waals surface area contributed by atoms with Crippen molar-refractivity contribution in [2.75, 3.05) is 0 Å². The highest BCUT2D eigenvalue weighted by atomic mass is 35.5. The van der Waals surface area contributed by atoms with Gasteiger partial charge in [-0.2, -0.15) is 0 Å². The van der Waals surface area contributed by atoms with Crippen molar-refractivity contribution in [2.45, 2.75) is 32.7 Å². The first-order valence-corrected chi connectivity index (χ1v) is 7.35. The van der Waals surface area contributed by atoms with Crippen LogP contribution >= 0.6 is 11.6 Å². The fourth-order valence-electron chi connectivity index (χ4n) is 2.48. The Morgan fingerprint density at radius 1 is 1.20 bits per heavy atom. The summed E-state index contributed by atoms with van der Waals surface area (Å²) in [5.41, 5.74) is 7.44. The molecule has 0 fully saturated rings. The summed E-state index contributed by atoms with van der Waals surface area (Å²) in [6.07, 6.45) is 2.21. The van der Waals surface area contributed by atoms with Crippen molar-refractivity contribution in [3.05, 3.63) is 69.7 Å². The van der Waals surface area contributed by atoms with Crippen LogP contribution in [0.1, 0.15) is 41.6 Å². The highest BCUT2D eigenvalue weighted by molar-refractivity contribution is 6.32. The van der Waals surface area contributed by atoms with Crippen LogP contribution < -0.4 is 11.3 Å². The molecule has 1 atom stereocenters. The quantitative estimate of drug-likeness (QED) is 0.640. The van der Waals surface area contributed by atoms with Crippen LogP contribution in [-0.2, 0) is 6.42 Å². The van der Waals surface area contributed by atoms with Gasteiger partial charge >= 0.3 is 0 Å². The zero-order valence-corrected chi connectivity index (χ0v) is 12.7. The average Bonchev–Trinajstić information content (AvgIpc) is 2.45. The summed E-state index contributed by atoms with van der Waals surface area (Å²) in [4.78, 5) is 0. The van der Waals surface area contributed by atoms with Gasteiger partial charge in [-0.3, -0.25) is 5.84 Å². The van der Waals surface area contributed by atoms with Gasteiger partial charge in [-0.05, 0) is 35.6 Å². The highest BCUT2D eigenvalue weighted by Crippen LogP contribution is 2.30. The van der Waals surface area contributed by atoms with E-state index < -0.39 is 0 Å². The third-order valence-corrected chi connectivity index (χ3v) is 4.04. The van der Waals surface area contributed by atoms with Gasteiger partial charge < -0.3 is 0 Å². The van der Waals surface area contributed by atoms with E-state index in [0.717, 1.165) is 34.6 Å². The molecule has 2 rings (SSSR count). The Balaban J connectivity index is 2.41. The number of nitrogens with two attached hydrogens (primary N) is 1. The minimum atomic E-state index is -0.0841. The van der Waals surface area contributed by atoms with E-state index in [1.54, 1.807) is 0 Å². The molecule has 0 amide bonds. The maximum Gasteiger partial charge on any atom is 0.0724 e. The molecule has 0 saturated heterocycles. The number of hydrogen-bond donors (Lipinski definition) is 2. The Bertz CT molecular complexity index is 581. The monoisotopic (exact) mass is 288 g/mol. The van der Waals surface area contributed by atoms with Crippen molar-refractivity contribution in [1.82, 2.24) is 5.43 Å². The molecule has 3 heteroatoms. The molecule has 0 spiro atoms. The van der Waals surface area contributed by atoms with E-state index in [0.29, 0.717) is 0 Å². The molecule has 106 valence electrons. The second kappa shape index (κ2) is 6.89. The predicted octanol–water partition coefficient (Wildman–Crippen LogP) is 4.15. The lowest BCUT2D eigenvalue weighted by atomic mass is 9.95. The standard InChI is InChI=1S/C17H21ClN2/c1-3-6-13-8-5-9-14(11-13)17(20-19)15-10-4-7-12(2)16(15)18/h4-5,7-11,17,20H,3,6,19H2,1-2H3. The summed E-state index contributed by atoms with van der Waals surface area (Å²) in [7, 11) is 0. The lowest BCUT2D eigenvalue weighted by Crippen LogP contribution is -2.29. The lowest BCUT2D eigenvalue weighted by molar-refractivity contribution is 0.635. The Morgan fingerprint density at radius 3 is 2.65 bits per heavy atom. The zero-order chi connectivity index (χ0) is 14.5. The number of halogens is 1. The van der Waals surface area contributed by atoms with Crippen molar-refractivity contribution in [3.8, 4) is 0 Å². The molecular weight excluding hydrogens is 268 g/mol. The van der Waals surface area contributed by atoms with E-state index >= 15 is 0 Å². The molecule has 0 aromatic heterocycles. The second-order valence-corrected chi connectivity index (χ2v) is 5.45. The van der Waals surface area contributed by atoms with Crippen LogP contribution in [0.4, 0.5) is 0 Å². The van der Waals surface area contributed by atoms with Gasteiger partial charge in [0.1, 0.15) is 0 Å². The molecule has 3 N–H and O–H groups in total. The fraction of sp³-hybridized carbons (Fsp3) is 0.294. The van der Waals surface area contributed by atoms with E-state index in [-0.39, 0.29) is 6.04 Å². The van der Waals surface area contributed by atoms with Crippen molar-refractivity contribution in [2.24, 2.45) is 5.84 Å². The molecule has 0 radical (unpaired) electrons. The molecule has 0 bridgehead atoms. The fourth-order valence-corrected chi connectivity index (χ4v) is 2.71. The number of rotatable bonds is 5. The van der Waals surface area contributed by atoms with Gasteiger partial charge in [0, 0.05) is 5.02 Å². The van der Waals surface area contributed by atoms with Crippen LogP contribution in [0, 0.1) is 6.92 Å². The highest BCUT2D eigenvalue weighted by Gasteiger charge is 2.16. The molecule has 0 aliphatic heterocycles. The normalized spacial score (nSPS) is 12.4. The second-order valence-electron chi connectivity index (χ2n) is 5.07. The smallest absolute Gasteiger partial charge is 0.0724 e. The van der Waals surface area contributed by atoms with Crippen LogP contribution in [-0.4, -0.2) is 0 Å². The number of benzene rings is 2. The topological polar surface area (TPSA) is 38.0 Å². The van der Waals surface area contributed by atoms with E-state index in [1.807, 2.05) is 25.1 Å². The number of nitrogens with one attached hydrogen (secondary N) is 1. The van der Waals surface area contributed by atoms with Crippen LogP contribution in [0.25, 0.3) is 0 Å². The van der Waals surface area contributed by atoms with E-state index in [9.17, 15) is 0 Å². The molecule has 2 nitrogen and oxygen atoms in total. The van der Waals surface area contributed by atoms with Gasteiger partial charge in [0.25, 0.3) is 0 Å². The number of hydrogen-bond acceptors (Lipinski definition) is 2. The summed E-state index contributed by atoms with van der Waals surface area (Å²) in [6, 6.07) is 14.5. The van der Waals surface area contributed by atoms with Gasteiger partial charge in [-0.1, -0.05) is 67.4 Å². The van der Waals surface area contributed by atoms with E-state index in [2.05, 4.69) is 36.6 Å². The van der Waals surface area contributed by atoms with Crippen molar-refractivity contribution in [3.63, 3.8) is 0 Å². The summed E-state index contributed by atoms with van der Waals surface area (Å²) in [6.45, 7) is 4.19. The lowest BCUT2D eigenvalue weighted by Gasteiger charge is -2.20. The minimum Gasteiger partial charge on any atom is -0.271 e. The molecule has 0 aliphatic rings. The van der Waals surface area contributed by atoms with Gasteiger partial charge in [0.2, 0.25) is 0 Å². The molecule has 2 aromatic carbocycles. The first-order valence-electron chi connectivity index (χ1n) is 6.97. The van der Waals surface area contributed by atoms with Crippen molar-refractivity contribution < 1.29 is 0 Å². The maximum atomic E-state index is 6.42. The maximum absolute atomic E-state index is 6.42. The zero-order valence-electron chi connectivity index (χ0n) is 12.0. The van der Waals surface area contributed by atoms with Gasteiger partial charge in [-0.15, -0.1) is 0 Å². The molecular formula is C17H21ClN2. The Labute approximate surface area is 125 Å². The molecule has 2 aromatic rings. The third-order valence-electron chi connectivity index (χ3n) is 3.52. The first-order chi connectivity index (χ1) is 9.67. The van der Waals surface area contributed by atoms with Crippen molar-refractivity contribution in [1.29, 1.82) is 0 Å². The SMILES string of the molecule is CCCc1cccc(C(NN)c2cccc(C)c2Cl)c1. The number of aryl methyl sites for hydroxylation is 2. The summed E-state index contributed by atoms with van der Waals surface area (Å²) in [5.74, 6) is 5.77. The largest absolute Gasteiger partial charge is 0.271 e. The molecule has 0 aliphatic carbocycles. The van der Waals surface area contributed by atoms with Gasteiger partial charge in [0.05, 0.1) is 6.04 Å². The molecule has 0 heterocycles. The minimum absolute atomic E-state index is 0.0841. The number of hydrazine groups is 1. The van der Waals surface area contributed by atoms with Crippen LogP contribution in [0.15, 0.2) is 42.5 Å². The average molecular weight is 289 g/mol. The molecule has 1 unspecified atom stereocenters. The molecule has 20 heavy (non-hydrogen) atoms. The summed E-state index contributed by atoms with van der Waals surface area (Å²) in [5, 5.41) is 0.774. The third kappa shape index (κ3) is 3.21. The summed E-state index contributed by atoms with van der Waals surface area (Å²) < 4.78 is 0. The summed E-state index contributed by atoms with van der Waals surface area (Å²) >= 11 is 6.42. The van der Waals surface area contributed by atoms with E-state index in [1.165, 1.54) is 5.56 Å². The first kappa shape index (κ1) is 15.0. The Kier molecular flexibility index (Phi) is 5.18. The Hall–Kier alpha value is -1.35. The van der Waals surface area contributed by atoms with Gasteiger partial charge in [-0.25, -0.2) is 5.43 Å². The van der Waals surface area contributed by atoms with Crippen LogP contribution in [0.5, 0.6) is 0 Å². The van der Waals surface area contributed by atoms with Crippen molar-refractivity contribution >= 4 is 11.6 Å². The molecule has 0 saturated carbocycles. The van der Waals surface area contributed by atoms with E-state index in [4.69, 9.17) is 17.4 Å². The van der Waals surface area contributed by atoms with Gasteiger partial charge in [0.15, 0.2) is 0 Å². The predicted molar refractivity (Wildman–Crippen MR) is 85.8 cm³/mol.